The molecular weight excluding hydrogens is 427 g/mol. The van der Waals surface area contributed by atoms with Crippen molar-refractivity contribution in [2.45, 2.75) is 12.7 Å². The molecule has 3 heterocycles. The molecule has 3 aromatic heterocycles. The van der Waals surface area contributed by atoms with E-state index < -0.39 is 23.5 Å². The molecule has 0 aliphatic carbocycles. The molecule has 10 heteroatoms. The zero-order chi connectivity index (χ0) is 20.8. The summed E-state index contributed by atoms with van der Waals surface area (Å²) in [4.78, 5) is 16.5. The summed E-state index contributed by atoms with van der Waals surface area (Å²) in [6.45, 7) is -0.156. The molecule has 0 amide bonds. The molecule has 0 atom stereocenters. The van der Waals surface area contributed by atoms with Crippen molar-refractivity contribution in [3.8, 4) is 17.0 Å². The van der Waals surface area contributed by atoms with E-state index in [9.17, 15) is 23.1 Å². The van der Waals surface area contributed by atoms with E-state index in [1.165, 1.54) is 12.4 Å². The van der Waals surface area contributed by atoms with Gasteiger partial charge in [0, 0.05) is 6.20 Å². The molecule has 0 saturated heterocycles. The Morgan fingerprint density at radius 3 is 2.55 bits per heavy atom. The fraction of sp³-hybridized carbons (Fsp3) is 0.105. The minimum Gasteiger partial charge on any atom is -0.839 e. The van der Waals surface area contributed by atoms with Gasteiger partial charge in [0.1, 0.15) is 12.4 Å². The number of carbonyl (C=O) groups is 1. The standard InChI is InChI=1S/C19H11ClF3N3O2S/c20-18-24-9-12(29-18)10-26-14(15(27)19(21,22)23)17(28)25-8-4-7-13(16(25)26)11-5-2-1-3-6-11/h1-9H,10H2. The second kappa shape index (κ2) is 7.16. The van der Waals surface area contributed by atoms with Crippen molar-refractivity contribution in [2.75, 3.05) is 0 Å². The summed E-state index contributed by atoms with van der Waals surface area (Å²) in [7, 11) is 0. The molecule has 0 aliphatic rings. The van der Waals surface area contributed by atoms with E-state index in [1.807, 2.05) is 0 Å². The summed E-state index contributed by atoms with van der Waals surface area (Å²) in [6.07, 6.45) is -2.45. The molecule has 148 valence electrons. The van der Waals surface area contributed by atoms with Crippen LogP contribution in [0, 0.1) is 0 Å². The quantitative estimate of drug-likeness (QED) is 0.359. The maximum Gasteiger partial charge on any atom is 0.458 e. The first kappa shape index (κ1) is 19.4. The van der Waals surface area contributed by atoms with Crippen molar-refractivity contribution in [3.05, 3.63) is 69.9 Å². The Kier molecular flexibility index (Phi) is 4.79. The van der Waals surface area contributed by atoms with Gasteiger partial charge in [-0.05, 0) is 17.7 Å². The zero-order valence-electron chi connectivity index (χ0n) is 14.5. The number of thiazole rings is 1. The molecule has 0 bridgehead atoms. The van der Waals surface area contributed by atoms with Crippen LogP contribution in [0.25, 0.3) is 16.8 Å². The van der Waals surface area contributed by atoms with Gasteiger partial charge in [-0.15, -0.1) is 11.3 Å². The highest BCUT2D eigenvalue weighted by atomic mass is 35.5. The first-order valence-corrected chi connectivity index (χ1v) is 9.48. The van der Waals surface area contributed by atoms with Crippen LogP contribution in [0.1, 0.15) is 15.4 Å². The van der Waals surface area contributed by atoms with Crippen LogP contribution in [0.15, 0.2) is 54.9 Å². The Morgan fingerprint density at radius 1 is 1.21 bits per heavy atom. The molecule has 4 aromatic rings. The van der Waals surface area contributed by atoms with E-state index in [4.69, 9.17) is 11.6 Å². The van der Waals surface area contributed by atoms with Gasteiger partial charge < -0.3 is 5.11 Å². The van der Waals surface area contributed by atoms with Gasteiger partial charge in [-0.2, -0.15) is 13.2 Å². The fourth-order valence-corrected chi connectivity index (χ4v) is 4.11. The normalized spacial score (nSPS) is 11.9. The van der Waals surface area contributed by atoms with E-state index in [0.717, 1.165) is 20.3 Å². The number of Topliss-reactive ketones (excluding diaryl/α,β-unsaturated/α-hetero) is 1. The van der Waals surface area contributed by atoms with Crippen molar-refractivity contribution in [1.82, 2.24) is 9.55 Å². The van der Waals surface area contributed by atoms with E-state index in [1.54, 1.807) is 42.5 Å². The summed E-state index contributed by atoms with van der Waals surface area (Å²) in [5.41, 5.74) is 0.436. The smallest absolute Gasteiger partial charge is 0.458 e. The number of fused-ring (bicyclic) bond motifs is 1. The molecule has 0 spiro atoms. The average Bonchev–Trinajstić information content (AvgIpc) is 3.22. The molecule has 0 unspecified atom stereocenters. The number of carbonyl (C=O) groups excluding carboxylic acids is 1. The lowest BCUT2D eigenvalue weighted by Crippen LogP contribution is -2.28. The van der Waals surface area contributed by atoms with Crippen LogP contribution in [0.2, 0.25) is 4.47 Å². The second-order valence-corrected chi connectivity index (χ2v) is 7.83. The van der Waals surface area contributed by atoms with Gasteiger partial charge in [0.2, 0.25) is 5.69 Å². The third-order valence-electron chi connectivity index (χ3n) is 4.31. The molecule has 0 N–H and O–H groups in total. The predicted octanol–water partition coefficient (Wildman–Crippen LogP) is 3.87. The van der Waals surface area contributed by atoms with Gasteiger partial charge in [0.15, 0.2) is 4.47 Å². The highest BCUT2D eigenvalue weighted by molar-refractivity contribution is 7.15. The highest BCUT2D eigenvalue weighted by Gasteiger charge is 2.45. The van der Waals surface area contributed by atoms with Gasteiger partial charge in [0.05, 0.1) is 16.6 Å². The largest absolute Gasteiger partial charge is 0.839 e. The van der Waals surface area contributed by atoms with Crippen LogP contribution >= 0.6 is 22.9 Å². The van der Waals surface area contributed by atoms with Crippen LogP contribution in [0.3, 0.4) is 0 Å². The van der Waals surface area contributed by atoms with Gasteiger partial charge in [-0.3, -0.25) is 4.79 Å². The molecular formula is C19H11ClF3N3O2S. The van der Waals surface area contributed by atoms with Crippen molar-refractivity contribution in [1.29, 1.82) is 0 Å². The summed E-state index contributed by atoms with van der Waals surface area (Å²) in [6, 6.07) is 12.1. The van der Waals surface area contributed by atoms with Crippen LogP contribution in [0.4, 0.5) is 13.2 Å². The predicted molar refractivity (Wildman–Crippen MR) is 99.1 cm³/mol. The Hall–Kier alpha value is -2.91. The van der Waals surface area contributed by atoms with Gasteiger partial charge in [0.25, 0.3) is 5.65 Å². The minimum absolute atomic E-state index is 0.156. The van der Waals surface area contributed by atoms with Crippen LogP contribution in [-0.2, 0) is 6.54 Å². The monoisotopic (exact) mass is 437 g/mol. The number of ketones is 1. The Balaban J connectivity index is 2.05. The summed E-state index contributed by atoms with van der Waals surface area (Å²) in [5, 5.41) is 12.8. The van der Waals surface area contributed by atoms with E-state index in [0.29, 0.717) is 16.0 Å². The van der Waals surface area contributed by atoms with Crippen molar-refractivity contribution in [3.63, 3.8) is 0 Å². The lowest BCUT2D eigenvalue weighted by atomic mass is 10.1. The second-order valence-electron chi connectivity index (χ2n) is 6.13. The fourth-order valence-electron chi connectivity index (χ4n) is 3.14. The van der Waals surface area contributed by atoms with Crippen LogP contribution in [-0.4, -0.2) is 21.5 Å². The topological polar surface area (TPSA) is 62.0 Å². The van der Waals surface area contributed by atoms with Crippen molar-refractivity contribution in [2.24, 2.45) is 0 Å². The molecule has 5 nitrogen and oxygen atoms in total. The molecule has 29 heavy (non-hydrogen) atoms. The Morgan fingerprint density at radius 2 is 1.93 bits per heavy atom. The SMILES string of the molecule is O=C(c1c([O-])[n+]2cccc(-c3ccccc3)c2n1Cc1cnc(Cl)s1)C(F)(F)F. The lowest BCUT2D eigenvalue weighted by Gasteiger charge is -2.07. The number of rotatable bonds is 4. The number of hydrogen-bond donors (Lipinski definition) is 0. The Labute approximate surface area is 171 Å². The lowest BCUT2D eigenvalue weighted by molar-refractivity contribution is -0.582. The number of pyridine rings is 1. The maximum atomic E-state index is 13.2. The summed E-state index contributed by atoms with van der Waals surface area (Å²) in [5.74, 6) is -3.23. The highest BCUT2D eigenvalue weighted by Crippen LogP contribution is 2.31. The average molecular weight is 438 g/mol. The van der Waals surface area contributed by atoms with Gasteiger partial charge in [-0.1, -0.05) is 41.9 Å². The number of nitrogens with zero attached hydrogens (tertiary/aromatic N) is 3. The number of benzene rings is 1. The molecule has 0 saturated carbocycles. The minimum atomic E-state index is -5.19. The van der Waals surface area contributed by atoms with Crippen molar-refractivity contribution < 1.29 is 27.5 Å². The van der Waals surface area contributed by atoms with Gasteiger partial charge in [-0.25, -0.2) is 14.0 Å². The summed E-state index contributed by atoms with van der Waals surface area (Å²) < 4.78 is 42.1. The van der Waals surface area contributed by atoms with E-state index >= 15 is 0 Å². The van der Waals surface area contributed by atoms with Crippen molar-refractivity contribution >= 4 is 34.4 Å². The van der Waals surface area contributed by atoms with Gasteiger partial charge >= 0.3 is 12.0 Å². The first-order chi connectivity index (χ1) is 13.8. The summed E-state index contributed by atoms with van der Waals surface area (Å²) >= 11 is 6.90. The Bertz CT molecular complexity index is 1220. The molecule has 0 radical (unpaired) electrons. The van der Waals surface area contributed by atoms with E-state index in [-0.39, 0.29) is 16.7 Å². The van der Waals surface area contributed by atoms with Crippen LogP contribution < -0.4 is 9.51 Å². The van der Waals surface area contributed by atoms with Crippen LogP contribution in [0.5, 0.6) is 5.88 Å². The maximum absolute atomic E-state index is 13.2. The number of halogens is 4. The van der Waals surface area contributed by atoms with E-state index in [2.05, 4.69) is 4.98 Å². The molecule has 4 rings (SSSR count). The third kappa shape index (κ3) is 3.47. The first-order valence-electron chi connectivity index (χ1n) is 8.28. The number of hydrogen-bond acceptors (Lipinski definition) is 4. The number of imidazole rings is 1. The molecule has 0 aliphatic heterocycles. The number of alkyl halides is 3. The third-order valence-corrected chi connectivity index (χ3v) is 5.41. The zero-order valence-corrected chi connectivity index (χ0v) is 16.1. The molecule has 1 aromatic carbocycles. The molecule has 0 fully saturated rings. The number of aromatic nitrogens is 3.